The van der Waals surface area contributed by atoms with Crippen LogP contribution in [0, 0.1) is 0 Å². The number of hydrogen-bond donors (Lipinski definition) is 0. The van der Waals surface area contributed by atoms with E-state index in [1.54, 1.807) is 45.2 Å². The fraction of sp³-hybridized carbons (Fsp3) is 0.318. The quantitative estimate of drug-likeness (QED) is 0.514. The number of aromatic nitrogens is 1. The number of benzene rings is 2. The number of carbonyl (C=O) groups excluding carboxylic acids is 2. The zero-order chi connectivity index (χ0) is 21.5. The molecule has 0 aliphatic carbocycles. The van der Waals surface area contributed by atoms with Gasteiger partial charge < -0.3 is 18.8 Å². The van der Waals surface area contributed by atoms with Gasteiger partial charge in [0.1, 0.15) is 5.75 Å². The minimum Gasteiger partial charge on any atom is -0.481 e. The van der Waals surface area contributed by atoms with Gasteiger partial charge in [0.15, 0.2) is 10.9 Å². The van der Waals surface area contributed by atoms with Gasteiger partial charge in [0, 0.05) is 13.7 Å². The van der Waals surface area contributed by atoms with Crippen molar-refractivity contribution in [3.63, 3.8) is 0 Å². The largest absolute Gasteiger partial charge is 0.481 e. The van der Waals surface area contributed by atoms with Gasteiger partial charge in [-0.25, -0.2) is 4.79 Å². The summed E-state index contributed by atoms with van der Waals surface area (Å²) in [4.78, 5) is 29.6. The first-order chi connectivity index (χ1) is 14.5. The fourth-order valence-electron chi connectivity index (χ4n) is 2.84. The van der Waals surface area contributed by atoms with Crippen LogP contribution >= 0.6 is 11.3 Å². The second-order valence-electron chi connectivity index (χ2n) is 6.46. The maximum atomic E-state index is 12.7. The Morgan fingerprint density at radius 1 is 1.17 bits per heavy atom. The van der Waals surface area contributed by atoms with Gasteiger partial charge >= 0.3 is 5.97 Å². The van der Waals surface area contributed by atoms with Crippen LogP contribution in [0.4, 0.5) is 0 Å². The van der Waals surface area contributed by atoms with Crippen LogP contribution in [0.25, 0.3) is 10.2 Å². The third-order valence-corrected chi connectivity index (χ3v) is 5.36. The summed E-state index contributed by atoms with van der Waals surface area (Å²) in [6, 6.07) is 14.5. The third kappa shape index (κ3) is 5.14. The van der Waals surface area contributed by atoms with Crippen LogP contribution in [0.1, 0.15) is 24.2 Å². The molecule has 158 valence electrons. The molecule has 0 fully saturated rings. The third-order valence-electron chi connectivity index (χ3n) is 4.32. The standard InChI is InChI=1S/C22H24N2O5S/c1-4-28-21(26)16-10-11-18-19(14-16)30-22(24(18)12-13-27-3)23-20(25)15(2)29-17-8-6-5-7-9-17/h5-11,14-15H,4,12-13H2,1-3H3. The van der Waals surface area contributed by atoms with Crippen molar-refractivity contribution in [1.82, 2.24) is 4.57 Å². The van der Waals surface area contributed by atoms with E-state index in [9.17, 15) is 9.59 Å². The molecule has 1 atom stereocenters. The molecule has 1 aromatic heterocycles. The van der Waals surface area contributed by atoms with Gasteiger partial charge in [-0.15, -0.1) is 0 Å². The second kappa shape index (κ2) is 10.2. The second-order valence-corrected chi connectivity index (χ2v) is 7.46. The average Bonchev–Trinajstić information content (AvgIpc) is 3.09. The highest BCUT2D eigenvalue weighted by Gasteiger charge is 2.16. The lowest BCUT2D eigenvalue weighted by molar-refractivity contribution is -0.124. The average molecular weight is 429 g/mol. The Kier molecular flexibility index (Phi) is 7.37. The highest BCUT2D eigenvalue weighted by atomic mass is 32.1. The normalized spacial score (nSPS) is 12.7. The maximum absolute atomic E-state index is 12.7. The molecular formula is C22H24N2O5S. The topological polar surface area (TPSA) is 79.1 Å². The predicted molar refractivity (Wildman–Crippen MR) is 115 cm³/mol. The van der Waals surface area contributed by atoms with Crippen molar-refractivity contribution in [1.29, 1.82) is 0 Å². The van der Waals surface area contributed by atoms with Crippen molar-refractivity contribution >= 4 is 33.4 Å². The molecule has 3 rings (SSSR count). The van der Waals surface area contributed by atoms with E-state index in [2.05, 4.69) is 4.99 Å². The summed E-state index contributed by atoms with van der Waals surface area (Å²) in [6.07, 6.45) is -0.733. The molecule has 30 heavy (non-hydrogen) atoms. The number of rotatable bonds is 8. The summed E-state index contributed by atoms with van der Waals surface area (Å²) >= 11 is 1.33. The number of ether oxygens (including phenoxy) is 3. The lowest BCUT2D eigenvalue weighted by Gasteiger charge is -2.10. The summed E-state index contributed by atoms with van der Waals surface area (Å²) in [5.74, 6) is -0.158. The molecule has 0 aliphatic heterocycles. The van der Waals surface area contributed by atoms with E-state index >= 15 is 0 Å². The lowest BCUT2D eigenvalue weighted by Crippen LogP contribution is -2.26. The van der Waals surface area contributed by atoms with Crippen LogP contribution < -0.4 is 9.54 Å². The summed E-state index contributed by atoms with van der Waals surface area (Å²) in [5.41, 5.74) is 1.33. The molecule has 1 unspecified atom stereocenters. The first-order valence-corrected chi connectivity index (χ1v) is 10.4. The lowest BCUT2D eigenvalue weighted by atomic mass is 10.2. The number of para-hydroxylation sites is 1. The number of nitrogens with zero attached hydrogens (tertiary/aromatic N) is 2. The van der Waals surface area contributed by atoms with Crippen molar-refractivity contribution in [3.05, 3.63) is 58.9 Å². The number of methoxy groups -OCH3 is 1. The Balaban J connectivity index is 1.95. The SMILES string of the molecule is CCOC(=O)c1ccc2c(c1)sc(=NC(=O)C(C)Oc1ccccc1)n2CCOC. The number of hydrogen-bond acceptors (Lipinski definition) is 6. The Hall–Kier alpha value is -2.97. The van der Waals surface area contributed by atoms with Crippen LogP contribution in [-0.4, -0.2) is 42.9 Å². The zero-order valence-corrected chi connectivity index (χ0v) is 18.0. The molecule has 0 saturated carbocycles. The van der Waals surface area contributed by atoms with Crippen LogP contribution in [0.2, 0.25) is 0 Å². The Morgan fingerprint density at radius 2 is 1.93 bits per heavy atom. The molecular weight excluding hydrogens is 404 g/mol. The number of fused-ring (bicyclic) bond motifs is 1. The van der Waals surface area contributed by atoms with Crippen molar-refractivity contribution < 1.29 is 23.8 Å². The van der Waals surface area contributed by atoms with Gasteiger partial charge in [-0.1, -0.05) is 29.5 Å². The first-order valence-electron chi connectivity index (χ1n) is 9.63. The molecule has 0 radical (unpaired) electrons. The van der Waals surface area contributed by atoms with Crippen LogP contribution in [0.3, 0.4) is 0 Å². The molecule has 0 N–H and O–H groups in total. The molecule has 1 amide bonds. The molecule has 8 heteroatoms. The van der Waals surface area contributed by atoms with E-state index in [4.69, 9.17) is 14.2 Å². The monoisotopic (exact) mass is 428 g/mol. The first kappa shape index (κ1) is 21.7. The molecule has 1 heterocycles. The van der Waals surface area contributed by atoms with Gasteiger partial charge in [0.05, 0.1) is 29.0 Å². The van der Waals surface area contributed by atoms with Crippen LogP contribution in [-0.2, 0) is 20.8 Å². The van der Waals surface area contributed by atoms with Gasteiger partial charge in [0.2, 0.25) is 0 Å². The van der Waals surface area contributed by atoms with Gasteiger partial charge in [-0.05, 0) is 44.2 Å². The Bertz CT molecular complexity index is 1090. The molecule has 0 spiro atoms. The molecule has 2 aromatic carbocycles. The molecule has 0 aliphatic rings. The smallest absolute Gasteiger partial charge is 0.338 e. The zero-order valence-electron chi connectivity index (χ0n) is 17.2. The van der Waals surface area contributed by atoms with E-state index in [0.717, 1.165) is 10.2 Å². The van der Waals surface area contributed by atoms with Crippen molar-refractivity contribution in [2.75, 3.05) is 20.3 Å². The molecule has 0 saturated heterocycles. The highest BCUT2D eigenvalue weighted by molar-refractivity contribution is 7.16. The molecule has 7 nitrogen and oxygen atoms in total. The van der Waals surface area contributed by atoms with E-state index < -0.39 is 6.10 Å². The minimum absolute atomic E-state index is 0.309. The summed E-state index contributed by atoms with van der Waals surface area (Å²) in [5, 5.41) is 0. The van der Waals surface area contributed by atoms with Crippen molar-refractivity contribution in [2.45, 2.75) is 26.5 Å². The molecule has 3 aromatic rings. The number of esters is 1. The van der Waals surface area contributed by atoms with Crippen LogP contribution in [0.15, 0.2) is 53.5 Å². The summed E-state index contributed by atoms with van der Waals surface area (Å²) in [6.45, 7) is 4.73. The van der Waals surface area contributed by atoms with Crippen LogP contribution in [0.5, 0.6) is 5.75 Å². The van der Waals surface area contributed by atoms with Gasteiger partial charge in [0.25, 0.3) is 5.91 Å². The maximum Gasteiger partial charge on any atom is 0.338 e. The number of carbonyl (C=O) groups is 2. The van der Waals surface area contributed by atoms with E-state index in [-0.39, 0.29) is 11.9 Å². The number of thiazole rings is 1. The van der Waals surface area contributed by atoms with E-state index in [1.807, 2.05) is 28.8 Å². The van der Waals surface area contributed by atoms with Crippen molar-refractivity contribution in [2.24, 2.45) is 4.99 Å². The Morgan fingerprint density at radius 3 is 2.63 bits per heavy atom. The summed E-state index contributed by atoms with van der Waals surface area (Å²) in [7, 11) is 1.62. The molecule has 0 bridgehead atoms. The fourth-order valence-corrected chi connectivity index (χ4v) is 3.94. The Labute approximate surface area is 178 Å². The van der Waals surface area contributed by atoms with E-state index in [1.165, 1.54) is 11.3 Å². The predicted octanol–water partition coefficient (Wildman–Crippen LogP) is 3.42. The van der Waals surface area contributed by atoms with Crippen molar-refractivity contribution in [3.8, 4) is 5.75 Å². The van der Waals surface area contributed by atoms with E-state index in [0.29, 0.717) is 35.9 Å². The number of amides is 1. The highest BCUT2D eigenvalue weighted by Crippen LogP contribution is 2.20. The minimum atomic E-state index is -0.733. The van der Waals surface area contributed by atoms with Gasteiger partial charge in [-0.3, -0.25) is 4.79 Å². The summed E-state index contributed by atoms with van der Waals surface area (Å²) < 4.78 is 18.7. The van der Waals surface area contributed by atoms with Gasteiger partial charge in [-0.2, -0.15) is 4.99 Å².